The van der Waals surface area contributed by atoms with Gasteiger partial charge in [-0.25, -0.2) is 0 Å². The average molecular weight is 279 g/mol. The molecule has 0 unspecified atom stereocenters. The molecule has 0 radical (unpaired) electrons. The van der Waals surface area contributed by atoms with Crippen molar-refractivity contribution in [2.24, 2.45) is 5.16 Å². The maximum Gasteiger partial charge on any atom is 0.152 e. The smallest absolute Gasteiger partial charge is 0.152 e. The van der Waals surface area contributed by atoms with E-state index >= 15 is 0 Å². The third-order valence-corrected chi connectivity index (χ3v) is 2.32. The van der Waals surface area contributed by atoms with Gasteiger partial charge in [0.15, 0.2) is 4.62 Å². The van der Waals surface area contributed by atoms with E-state index in [0.717, 1.165) is 10.0 Å². The van der Waals surface area contributed by atoms with Gasteiger partial charge in [0.25, 0.3) is 0 Å². The molecule has 0 atom stereocenters. The first kappa shape index (κ1) is 8.74. The molecule has 0 spiro atoms. The van der Waals surface area contributed by atoms with Crippen LogP contribution in [0.1, 0.15) is 5.56 Å². The number of benzene rings is 1. The Labute approximate surface area is 81.2 Å². The highest BCUT2D eigenvalue weighted by atomic mass is 79.9. The van der Waals surface area contributed by atoms with E-state index in [1.807, 2.05) is 24.3 Å². The maximum absolute atomic E-state index is 8.39. The lowest BCUT2D eigenvalue weighted by Crippen LogP contribution is -1.88. The fourth-order valence-corrected chi connectivity index (χ4v) is 1.17. The third-order valence-electron chi connectivity index (χ3n) is 1.17. The minimum atomic E-state index is 0.435. The van der Waals surface area contributed by atoms with E-state index in [1.165, 1.54) is 0 Å². The standard InChI is InChI=1S/C7H5Br2NO/c8-6-3-1-5(2-4-6)7(9)10-11/h1-4,11H/b10-7-. The van der Waals surface area contributed by atoms with Crippen LogP contribution in [0.3, 0.4) is 0 Å². The first-order valence-electron chi connectivity index (χ1n) is 2.87. The van der Waals surface area contributed by atoms with Crippen LogP contribution in [0.4, 0.5) is 0 Å². The second-order valence-corrected chi connectivity index (χ2v) is 3.56. The molecule has 0 aliphatic heterocycles. The molecule has 0 fully saturated rings. The van der Waals surface area contributed by atoms with Crippen molar-refractivity contribution in [2.45, 2.75) is 0 Å². The van der Waals surface area contributed by atoms with E-state index in [2.05, 4.69) is 37.0 Å². The summed E-state index contributed by atoms with van der Waals surface area (Å²) in [5, 5.41) is 11.4. The Bertz CT molecular complexity index is 268. The largest absolute Gasteiger partial charge is 0.410 e. The van der Waals surface area contributed by atoms with Gasteiger partial charge in [0.1, 0.15) is 0 Å². The van der Waals surface area contributed by atoms with E-state index in [1.54, 1.807) is 0 Å². The van der Waals surface area contributed by atoms with Crippen LogP contribution in [0.2, 0.25) is 0 Å². The summed E-state index contributed by atoms with van der Waals surface area (Å²) in [5.41, 5.74) is 0.843. The molecule has 0 aliphatic carbocycles. The lowest BCUT2D eigenvalue weighted by molar-refractivity contribution is 0.321. The van der Waals surface area contributed by atoms with Gasteiger partial charge in [0.05, 0.1) is 0 Å². The summed E-state index contributed by atoms with van der Waals surface area (Å²) in [6, 6.07) is 7.44. The van der Waals surface area contributed by atoms with Gasteiger partial charge in [0, 0.05) is 10.0 Å². The topological polar surface area (TPSA) is 32.6 Å². The molecule has 2 nitrogen and oxygen atoms in total. The summed E-state index contributed by atoms with van der Waals surface area (Å²) in [6.45, 7) is 0. The van der Waals surface area contributed by atoms with Crippen LogP contribution in [0, 0.1) is 0 Å². The van der Waals surface area contributed by atoms with E-state index in [4.69, 9.17) is 5.21 Å². The Morgan fingerprint density at radius 1 is 1.27 bits per heavy atom. The quantitative estimate of drug-likeness (QED) is 0.478. The molecule has 58 valence electrons. The van der Waals surface area contributed by atoms with Crippen LogP contribution in [0.25, 0.3) is 0 Å². The molecule has 11 heavy (non-hydrogen) atoms. The second-order valence-electron chi connectivity index (χ2n) is 1.90. The minimum Gasteiger partial charge on any atom is -0.410 e. The van der Waals surface area contributed by atoms with Gasteiger partial charge in [-0.2, -0.15) is 0 Å². The van der Waals surface area contributed by atoms with E-state index in [-0.39, 0.29) is 0 Å². The van der Waals surface area contributed by atoms with Crippen molar-refractivity contribution in [3.05, 3.63) is 34.3 Å². The van der Waals surface area contributed by atoms with Gasteiger partial charge >= 0.3 is 0 Å². The Hall–Kier alpha value is -0.350. The van der Waals surface area contributed by atoms with Gasteiger partial charge in [-0.1, -0.05) is 33.2 Å². The van der Waals surface area contributed by atoms with E-state index in [9.17, 15) is 0 Å². The van der Waals surface area contributed by atoms with Gasteiger partial charge in [-0.15, -0.1) is 0 Å². The Morgan fingerprint density at radius 2 is 1.82 bits per heavy atom. The van der Waals surface area contributed by atoms with Crippen molar-refractivity contribution in [3.63, 3.8) is 0 Å². The molecule has 0 heterocycles. The van der Waals surface area contributed by atoms with Crippen molar-refractivity contribution in [2.75, 3.05) is 0 Å². The zero-order valence-electron chi connectivity index (χ0n) is 5.46. The molecule has 1 N–H and O–H groups in total. The van der Waals surface area contributed by atoms with Crippen molar-refractivity contribution >= 4 is 36.5 Å². The lowest BCUT2D eigenvalue weighted by atomic mass is 10.2. The van der Waals surface area contributed by atoms with Crippen LogP contribution < -0.4 is 0 Å². The first-order valence-corrected chi connectivity index (χ1v) is 4.46. The van der Waals surface area contributed by atoms with Crippen LogP contribution in [0.5, 0.6) is 0 Å². The Morgan fingerprint density at radius 3 is 2.27 bits per heavy atom. The molecule has 1 aromatic carbocycles. The highest BCUT2D eigenvalue weighted by molar-refractivity contribution is 9.18. The van der Waals surface area contributed by atoms with Crippen LogP contribution >= 0.6 is 31.9 Å². The first-order chi connectivity index (χ1) is 5.24. The molecular formula is C7H5Br2NO. The van der Waals surface area contributed by atoms with Crippen molar-refractivity contribution < 1.29 is 5.21 Å². The number of hydrogen-bond acceptors (Lipinski definition) is 2. The van der Waals surface area contributed by atoms with Crippen molar-refractivity contribution in [3.8, 4) is 0 Å². The SMILES string of the molecule is O/N=C(\Br)c1ccc(Br)cc1. The molecule has 0 saturated carbocycles. The van der Waals surface area contributed by atoms with E-state index in [0.29, 0.717) is 4.62 Å². The van der Waals surface area contributed by atoms with Crippen LogP contribution in [-0.4, -0.2) is 9.83 Å². The van der Waals surface area contributed by atoms with Crippen molar-refractivity contribution in [1.29, 1.82) is 0 Å². The van der Waals surface area contributed by atoms with Crippen LogP contribution in [0.15, 0.2) is 33.9 Å². The summed E-state index contributed by atoms with van der Waals surface area (Å²) in [5.74, 6) is 0. The van der Waals surface area contributed by atoms with Gasteiger partial charge in [-0.05, 0) is 28.1 Å². The highest BCUT2D eigenvalue weighted by Crippen LogP contribution is 2.12. The summed E-state index contributed by atoms with van der Waals surface area (Å²) >= 11 is 6.39. The normalized spacial score (nSPS) is 11.6. The van der Waals surface area contributed by atoms with Gasteiger partial charge in [0.2, 0.25) is 0 Å². The predicted octanol–water partition coefficient (Wildman–Crippen LogP) is 2.98. The number of nitrogens with zero attached hydrogens (tertiary/aromatic N) is 1. The number of halogens is 2. The molecule has 1 rings (SSSR count). The predicted molar refractivity (Wildman–Crippen MR) is 51.4 cm³/mol. The lowest BCUT2D eigenvalue weighted by Gasteiger charge is -1.95. The summed E-state index contributed by atoms with van der Waals surface area (Å²) in [6.07, 6.45) is 0. The minimum absolute atomic E-state index is 0.435. The molecule has 1 aromatic rings. The molecular weight excluding hydrogens is 274 g/mol. The summed E-state index contributed by atoms with van der Waals surface area (Å²) in [4.78, 5) is 0. The van der Waals surface area contributed by atoms with Crippen LogP contribution in [-0.2, 0) is 0 Å². The summed E-state index contributed by atoms with van der Waals surface area (Å²) < 4.78 is 1.43. The third kappa shape index (κ3) is 2.31. The second kappa shape index (κ2) is 3.88. The fourth-order valence-electron chi connectivity index (χ4n) is 0.645. The van der Waals surface area contributed by atoms with Crippen molar-refractivity contribution in [1.82, 2.24) is 0 Å². The number of hydrogen-bond donors (Lipinski definition) is 1. The molecule has 4 heteroatoms. The Kier molecular flexibility index (Phi) is 3.08. The number of rotatable bonds is 1. The zero-order valence-corrected chi connectivity index (χ0v) is 8.63. The molecule has 0 bridgehead atoms. The molecule has 0 saturated heterocycles. The average Bonchev–Trinajstić information content (AvgIpc) is 2.05. The maximum atomic E-state index is 8.39. The summed E-state index contributed by atoms with van der Waals surface area (Å²) in [7, 11) is 0. The zero-order chi connectivity index (χ0) is 8.27. The monoisotopic (exact) mass is 277 g/mol. The molecule has 0 aromatic heterocycles. The highest BCUT2D eigenvalue weighted by Gasteiger charge is 1.97. The van der Waals surface area contributed by atoms with E-state index < -0.39 is 0 Å². The van der Waals surface area contributed by atoms with Gasteiger partial charge < -0.3 is 5.21 Å². The Balaban J connectivity index is 2.99. The fraction of sp³-hybridized carbons (Fsp3) is 0. The molecule has 0 amide bonds. The van der Waals surface area contributed by atoms with Gasteiger partial charge in [-0.3, -0.25) is 0 Å². The molecule has 0 aliphatic rings. The number of oxime groups is 1.